The summed E-state index contributed by atoms with van der Waals surface area (Å²) >= 11 is 0. The Morgan fingerprint density at radius 3 is 1.90 bits per heavy atom. The summed E-state index contributed by atoms with van der Waals surface area (Å²) in [6, 6.07) is 16.6. The van der Waals surface area contributed by atoms with E-state index in [4.69, 9.17) is 9.47 Å². The Labute approximate surface area is 230 Å². The summed E-state index contributed by atoms with van der Waals surface area (Å²) in [6.07, 6.45) is 0. The average Bonchev–Trinajstić information content (AvgIpc) is 2.92. The number of ether oxygens (including phenoxy) is 2. The van der Waals surface area contributed by atoms with Gasteiger partial charge in [-0.2, -0.15) is 4.31 Å². The third-order valence-corrected chi connectivity index (χ3v) is 9.87. The van der Waals surface area contributed by atoms with E-state index in [9.17, 15) is 21.6 Å². The van der Waals surface area contributed by atoms with Gasteiger partial charge < -0.3 is 14.8 Å². The van der Waals surface area contributed by atoms with Gasteiger partial charge in [-0.3, -0.25) is 9.10 Å². The molecule has 0 aromatic heterocycles. The van der Waals surface area contributed by atoms with Crippen LogP contribution < -0.4 is 19.1 Å². The van der Waals surface area contributed by atoms with Gasteiger partial charge in [0.1, 0.15) is 18.0 Å². The van der Waals surface area contributed by atoms with Gasteiger partial charge in [-0.1, -0.05) is 31.5 Å². The number of hydrogen-bond donors (Lipinski definition) is 1. The molecule has 0 radical (unpaired) electrons. The number of amides is 1. The van der Waals surface area contributed by atoms with Crippen LogP contribution >= 0.6 is 0 Å². The molecule has 0 unspecified atom stereocenters. The molecule has 0 spiro atoms. The molecule has 1 N–H and O–H groups in total. The van der Waals surface area contributed by atoms with Crippen LogP contribution in [0.15, 0.2) is 76.5 Å². The van der Waals surface area contributed by atoms with E-state index in [2.05, 4.69) is 5.32 Å². The molecule has 3 aromatic rings. The Hall–Kier alpha value is -3.61. The summed E-state index contributed by atoms with van der Waals surface area (Å²) in [5.41, 5.74) is 1.31. The molecule has 0 fully saturated rings. The van der Waals surface area contributed by atoms with Crippen molar-refractivity contribution in [1.29, 1.82) is 0 Å². The lowest BCUT2D eigenvalue weighted by Crippen LogP contribution is -2.38. The molecule has 39 heavy (non-hydrogen) atoms. The van der Waals surface area contributed by atoms with Crippen LogP contribution in [0.1, 0.15) is 19.4 Å². The van der Waals surface area contributed by atoms with Crippen molar-refractivity contribution in [1.82, 2.24) is 4.31 Å². The van der Waals surface area contributed by atoms with Gasteiger partial charge in [-0.25, -0.2) is 16.8 Å². The van der Waals surface area contributed by atoms with Crippen LogP contribution in [0.4, 0.5) is 11.4 Å². The molecule has 0 saturated carbocycles. The number of hydrogen-bond acceptors (Lipinski definition) is 7. The van der Waals surface area contributed by atoms with Crippen molar-refractivity contribution in [2.45, 2.75) is 30.6 Å². The van der Waals surface area contributed by atoms with E-state index in [0.717, 1.165) is 9.87 Å². The standard InChI is InChI=1S/C27H33N3O7S2/c1-6-29(7-2)38(32,33)23-15-10-21(11-16-23)28-27(31)19-30(25-18-22(36-4)12-17-26(25)37-5)39(34,35)24-13-8-20(3)9-14-24/h8-18H,6-7,19H2,1-5H3,(H,28,31). The van der Waals surface area contributed by atoms with Crippen LogP contribution in [-0.2, 0) is 24.8 Å². The smallest absolute Gasteiger partial charge is 0.264 e. The number of sulfonamides is 2. The lowest BCUT2D eigenvalue weighted by Gasteiger charge is -2.26. The number of carbonyl (C=O) groups is 1. The number of nitrogens with one attached hydrogen (secondary N) is 1. The summed E-state index contributed by atoms with van der Waals surface area (Å²) in [4.78, 5) is 13.2. The van der Waals surface area contributed by atoms with Gasteiger partial charge in [0.25, 0.3) is 10.0 Å². The highest BCUT2D eigenvalue weighted by atomic mass is 32.2. The van der Waals surface area contributed by atoms with Crippen molar-refractivity contribution in [3.63, 3.8) is 0 Å². The van der Waals surface area contributed by atoms with Gasteiger partial charge in [-0.15, -0.1) is 0 Å². The Kier molecular flexibility index (Phi) is 9.59. The lowest BCUT2D eigenvalue weighted by atomic mass is 10.2. The van der Waals surface area contributed by atoms with E-state index in [1.54, 1.807) is 38.1 Å². The number of methoxy groups -OCH3 is 2. The summed E-state index contributed by atoms with van der Waals surface area (Å²) in [6.45, 7) is 5.42. The molecule has 210 valence electrons. The third kappa shape index (κ3) is 6.70. The van der Waals surface area contributed by atoms with Crippen LogP contribution in [0.2, 0.25) is 0 Å². The number of carbonyl (C=O) groups excluding carboxylic acids is 1. The van der Waals surface area contributed by atoms with Crippen LogP contribution in [0.25, 0.3) is 0 Å². The third-order valence-electron chi connectivity index (χ3n) is 6.03. The first-order chi connectivity index (χ1) is 18.5. The molecular formula is C27H33N3O7S2. The van der Waals surface area contributed by atoms with Gasteiger partial charge in [0.2, 0.25) is 15.9 Å². The zero-order valence-electron chi connectivity index (χ0n) is 22.5. The zero-order chi connectivity index (χ0) is 28.8. The van der Waals surface area contributed by atoms with Crippen molar-refractivity contribution in [2.24, 2.45) is 0 Å². The molecule has 0 atom stereocenters. The van der Waals surface area contributed by atoms with Crippen LogP contribution in [0.3, 0.4) is 0 Å². The molecule has 10 nitrogen and oxygen atoms in total. The molecule has 0 heterocycles. The maximum absolute atomic E-state index is 13.8. The fourth-order valence-electron chi connectivity index (χ4n) is 3.88. The first-order valence-corrected chi connectivity index (χ1v) is 15.1. The van der Waals surface area contributed by atoms with E-state index < -0.39 is 32.5 Å². The largest absolute Gasteiger partial charge is 0.497 e. The topological polar surface area (TPSA) is 122 Å². The highest BCUT2D eigenvalue weighted by Crippen LogP contribution is 2.35. The molecular weight excluding hydrogens is 542 g/mol. The van der Waals surface area contributed by atoms with Gasteiger partial charge in [-0.05, 0) is 55.5 Å². The summed E-state index contributed by atoms with van der Waals surface area (Å²) in [5.74, 6) is -0.0412. The zero-order valence-corrected chi connectivity index (χ0v) is 24.2. The highest BCUT2D eigenvalue weighted by Gasteiger charge is 2.30. The van der Waals surface area contributed by atoms with Crippen LogP contribution in [0.5, 0.6) is 11.5 Å². The second kappa shape index (κ2) is 12.5. The quantitative estimate of drug-likeness (QED) is 0.348. The molecule has 3 rings (SSSR count). The van der Waals surface area contributed by atoms with E-state index >= 15 is 0 Å². The van der Waals surface area contributed by atoms with Gasteiger partial charge in [0, 0.05) is 24.8 Å². The van der Waals surface area contributed by atoms with Gasteiger partial charge in [0.05, 0.1) is 29.7 Å². The Morgan fingerprint density at radius 1 is 0.795 bits per heavy atom. The maximum Gasteiger partial charge on any atom is 0.264 e. The second-order valence-corrected chi connectivity index (χ2v) is 12.3. The number of rotatable bonds is 12. The molecule has 1 amide bonds. The van der Waals surface area contributed by atoms with E-state index in [1.165, 1.54) is 61.0 Å². The molecule has 0 aliphatic carbocycles. The predicted octanol–water partition coefficient (Wildman–Crippen LogP) is 3.88. The first-order valence-electron chi connectivity index (χ1n) is 12.2. The van der Waals surface area contributed by atoms with Gasteiger partial charge >= 0.3 is 0 Å². The molecule has 0 aliphatic rings. The van der Waals surface area contributed by atoms with Crippen molar-refractivity contribution < 1.29 is 31.1 Å². The molecule has 12 heteroatoms. The number of anilines is 2. The van der Waals surface area contributed by atoms with Crippen molar-refractivity contribution >= 4 is 37.3 Å². The Bertz CT molecular complexity index is 1500. The first kappa shape index (κ1) is 29.9. The van der Waals surface area contributed by atoms with Gasteiger partial charge in [0.15, 0.2) is 0 Å². The number of aryl methyl sites for hydroxylation is 1. The summed E-state index contributed by atoms with van der Waals surface area (Å²) in [7, 11) is -5.02. The minimum Gasteiger partial charge on any atom is -0.497 e. The second-order valence-electron chi connectivity index (χ2n) is 8.52. The monoisotopic (exact) mass is 575 g/mol. The van der Waals surface area contributed by atoms with E-state index in [-0.39, 0.29) is 21.2 Å². The number of benzene rings is 3. The van der Waals surface area contributed by atoms with Crippen molar-refractivity contribution in [2.75, 3.05) is 43.5 Å². The predicted molar refractivity (Wildman–Crippen MR) is 150 cm³/mol. The molecule has 0 saturated heterocycles. The summed E-state index contributed by atoms with van der Waals surface area (Å²) < 4.78 is 66.0. The SMILES string of the molecule is CCN(CC)S(=O)(=O)c1ccc(NC(=O)CN(c2cc(OC)ccc2OC)S(=O)(=O)c2ccc(C)cc2)cc1. The fourth-order valence-corrected chi connectivity index (χ4v) is 6.76. The van der Waals surface area contributed by atoms with E-state index in [1.807, 2.05) is 6.92 Å². The average molecular weight is 576 g/mol. The molecule has 0 aliphatic heterocycles. The van der Waals surface area contributed by atoms with Crippen molar-refractivity contribution in [3.05, 3.63) is 72.3 Å². The maximum atomic E-state index is 13.8. The Balaban J connectivity index is 1.95. The minimum absolute atomic E-state index is 0.00302. The fraction of sp³-hybridized carbons (Fsp3) is 0.296. The highest BCUT2D eigenvalue weighted by molar-refractivity contribution is 7.93. The lowest BCUT2D eigenvalue weighted by molar-refractivity contribution is -0.114. The van der Waals surface area contributed by atoms with Crippen LogP contribution in [-0.4, -0.2) is 60.9 Å². The van der Waals surface area contributed by atoms with Crippen molar-refractivity contribution in [3.8, 4) is 11.5 Å². The normalized spacial score (nSPS) is 11.7. The minimum atomic E-state index is -4.21. The van der Waals surface area contributed by atoms with Crippen LogP contribution in [0, 0.1) is 6.92 Å². The summed E-state index contributed by atoms with van der Waals surface area (Å²) in [5, 5.41) is 2.65. The molecule has 3 aromatic carbocycles. The number of nitrogens with zero attached hydrogens (tertiary/aromatic N) is 2. The molecule has 0 bridgehead atoms. The Morgan fingerprint density at radius 2 is 1.36 bits per heavy atom. The van der Waals surface area contributed by atoms with E-state index in [0.29, 0.717) is 24.5 Å².